The molecule has 0 heterocycles. The van der Waals surface area contributed by atoms with Crippen LogP contribution in [0.4, 0.5) is 0 Å². The molecule has 1 aliphatic rings. The standard InChI is InChI=1S/C9H19NS/c1-9(2,8-4-5-8)10-6-7-11-3/h8,10H,4-7H2,1-3H3. The van der Waals surface area contributed by atoms with Gasteiger partial charge >= 0.3 is 0 Å². The molecule has 0 radical (unpaired) electrons. The Morgan fingerprint density at radius 2 is 2.09 bits per heavy atom. The summed E-state index contributed by atoms with van der Waals surface area (Å²) in [7, 11) is 0. The lowest BCUT2D eigenvalue weighted by Crippen LogP contribution is -2.42. The van der Waals surface area contributed by atoms with Crippen molar-refractivity contribution in [3.8, 4) is 0 Å². The fourth-order valence-electron chi connectivity index (χ4n) is 1.42. The lowest BCUT2D eigenvalue weighted by molar-refractivity contribution is 0.351. The molecule has 0 saturated heterocycles. The topological polar surface area (TPSA) is 12.0 Å². The third kappa shape index (κ3) is 3.04. The number of hydrogen-bond acceptors (Lipinski definition) is 2. The van der Waals surface area contributed by atoms with Gasteiger partial charge in [0.25, 0.3) is 0 Å². The highest BCUT2D eigenvalue weighted by Crippen LogP contribution is 2.38. The van der Waals surface area contributed by atoms with Crippen LogP contribution >= 0.6 is 11.8 Å². The summed E-state index contributed by atoms with van der Waals surface area (Å²) in [4.78, 5) is 0. The quantitative estimate of drug-likeness (QED) is 0.639. The monoisotopic (exact) mass is 173 g/mol. The second-order valence-corrected chi connectivity index (χ2v) is 4.90. The first kappa shape index (κ1) is 9.40. The maximum atomic E-state index is 3.60. The van der Waals surface area contributed by atoms with E-state index in [2.05, 4.69) is 25.4 Å². The fraction of sp³-hybridized carbons (Fsp3) is 1.00. The van der Waals surface area contributed by atoms with Gasteiger partial charge in [-0.25, -0.2) is 0 Å². The van der Waals surface area contributed by atoms with Gasteiger partial charge in [0.05, 0.1) is 0 Å². The Morgan fingerprint density at radius 1 is 1.45 bits per heavy atom. The average molecular weight is 173 g/mol. The van der Waals surface area contributed by atoms with Crippen molar-refractivity contribution in [3.05, 3.63) is 0 Å². The summed E-state index contributed by atoms with van der Waals surface area (Å²) in [6.45, 7) is 5.81. The van der Waals surface area contributed by atoms with E-state index in [-0.39, 0.29) is 0 Å². The van der Waals surface area contributed by atoms with Gasteiger partial charge in [0.2, 0.25) is 0 Å². The summed E-state index contributed by atoms with van der Waals surface area (Å²) >= 11 is 1.91. The Kier molecular flexibility index (Phi) is 3.26. The van der Waals surface area contributed by atoms with Gasteiger partial charge < -0.3 is 5.32 Å². The van der Waals surface area contributed by atoms with E-state index in [4.69, 9.17) is 0 Å². The fourth-order valence-corrected chi connectivity index (χ4v) is 1.73. The SMILES string of the molecule is CSCCNC(C)(C)C1CC1. The smallest absolute Gasteiger partial charge is 0.0153 e. The van der Waals surface area contributed by atoms with E-state index in [1.54, 1.807) is 0 Å². The van der Waals surface area contributed by atoms with Gasteiger partial charge in [0.1, 0.15) is 0 Å². The Morgan fingerprint density at radius 3 is 2.55 bits per heavy atom. The van der Waals surface area contributed by atoms with Gasteiger partial charge in [0, 0.05) is 17.8 Å². The van der Waals surface area contributed by atoms with E-state index in [0.29, 0.717) is 5.54 Å². The van der Waals surface area contributed by atoms with Crippen molar-refractivity contribution in [3.63, 3.8) is 0 Å². The Hall–Kier alpha value is 0.310. The normalized spacial score (nSPS) is 18.8. The molecule has 0 aliphatic heterocycles. The zero-order chi connectivity index (χ0) is 8.32. The van der Waals surface area contributed by atoms with Crippen LogP contribution in [0, 0.1) is 5.92 Å². The number of nitrogens with one attached hydrogen (secondary N) is 1. The molecule has 1 rings (SSSR count). The molecule has 1 aliphatic carbocycles. The molecule has 0 atom stereocenters. The Labute approximate surface area is 74.3 Å². The van der Waals surface area contributed by atoms with E-state index < -0.39 is 0 Å². The van der Waals surface area contributed by atoms with Crippen molar-refractivity contribution in [1.29, 1.82) is 0 Å². The zero-order valence-electron chi connectivity index (χ0n) is 7.81. The Balaban J connectivity index is 2.12. The molecule has 0 bridgehead atoms. The minimum Gasteiger partial charge on any atom is -0.311 e. The van der Waals surface area contributed by atoms with Crippen molar-refractivity contribution in [2.75, 3.05) is 18.6 Å². The van der Waals surface area contributed by atoms with Gasteiger partial charge in [-0.1, -0.05) is 0 Å². The Bertz CT molecular complexity index is 119. The molecule has 2 heteroatoms. The molecule has 0 aromatic rings. The summed E-state index contributed by atoms with van der Waals surface area (Å²) in [6, 6.07) is 0. The third-order valence-corrected chi connectivity index (χ3v) is 3.10. The van der Waals surface area contributed by atoms with Crippen molar-refractivity contribution in [1.82, 2.24) is 5.32 Å². The van der Waals surface area contributed by atoms with E-state index in [0.717, 1.165) is 12.5 Å². The number of hydrogen-bond donors (Lipinski definition) is 1. The summed E-state index contributed by atoms with van der Waals surface area (Å²) in [5, 5.41) is 3.60. The molecule has 0 amide bonds. The first-order chi connectivity index (χ1) is 5.17. The highest BCUT2D eigenvalue weighted by Gasteiger charge is 2.36. The third-order valence-electron chi connectivity index (χ3n) is 2.48. The van der Waals surface area contributed by atoms with Crippen LogP contribution in [0.3, 0.4) is 0 Å². The molecular weight excluding hydrogens is 154 g/mol. The molecule has 11 heavy (non-hydrogen) atoms. The van der Waals surface area contributed by atoms with E-state index >= 15 is 0 Å². The van der Waals surface area contributed by atoms with Crippen LogP contribution < -0.4 is 5.32 Å². The molecule has 1 fully saturated rings. The van der Waals surface area contributed by atoms with Crippen molar-refractivity contribution in [2.45, 2.75) is 32.2 Å². The summed E-state index contributed by atoms with van der Waals surface area (Å²) < 4.78 is 0. The van der Waals surface area contributed by atoms with Crippen LogP contribution in [0.5, 0.6) is 0 Å². The summed E-state index contributed by atoms with van der Waals surface area (Å²) in [5.41, 5.74) is 0.399. The average Bonchev–Trinajstić information content (AvgIpc) is 2.68. The van der Waals surface area contributed by atoms with Crippen LogP contribution in [0.1, 0.15) is 26.7 Å². The maximum absolute atomic E-state index is 3.60. The predicted molar refractivity (Wildman–Crippen MR) is 53.2 cm³/mol. The van der Waals surface area contributed by atoms with Gasteiger partial charge in [0.15, 0.2) is 0 Å². The molecule has 0 aromatic heterocycles. The first-order valence-electron chi connectivity index (χ1n) is 4.41. The molecule has 66 valence electrons. The van der Waals surface area contributed by atoms with Gasteiger partial charge in [-0.15, -0.1) is 0 Å². The second kappa shape index (κ2) is 3.81. The molecule has 1 nitrogen and oxygen atoms in total. The lowest BCUT2D eigenvalue weighted by atomic mass is 9.99. The van der Waals surface area contributed by atoms with Crippen LogP contribution in [0.25, 0.3) is 0 Å². The molecule has 0 spiro atoms. The van der Waals surface area contributed by atoms with Gasteiger partial charge in [-0.2, -0.15) is 11.8 Å². The number of rotatable bonds is 5. The van der Waals surface area contributed by atoms with E-state index in [1.807, 2.05) is 11.8 Å². The van der Waals surface area contributed by atoms with Crippen molar-refractivity contribution >= 4 is 11.8 Å². The molecule has 0 aromatic carbocycles. The van der Waals surface area contributed by atoms with Crippen LogP contribution in [0.15, 0.2) is 0 Å². The minimum absolute atomic E-state index is 0.399. The second-order valence-electron chi connectivity index (χ2n) is 3.92. The summed E-state index contributed by atoms with van der Waals surface area (Å²) in [5.74, 6) is 2.18. The molecule has 1 N–H and O–H groups in total. The van der Waals surface area contributed by atoms with Crippen LogP contribution in [-0.4, -0.2) is 24.1 Å². The zero-order valence-corrected chi connectivity index (χ0v) is 8.63. The first-order valence-corrected chi connectivity index (χ1v) is 5.80. The van der Waals surface area contributed by atoms with Crippen molar-refractivity contribution in [2.24, 2.45) is 5.92 Å². The van der Waals surface area contributed by atoms with E-state index in [9.17, 15) is 0 Å². The number of thioether (sulfide) groups is 1. The summed E-state index contributed by atoms with van der Waals surface area (Å²) in [6.07, 6.45) is 5.02. The predicted octanol–water partition coefficient (Wildman–Crippen LogP) is 2.13. The molecular formula is C9H19NS. The molecule has 1 saturated carbocycles. The van der Waals surface area contributed by atoms with Crippen LogP contribution in [-0.2, 0) is 0 Å². The minimum atomic E-state index is 0.399. The highest BCUT2D eigenvalue weighted by molar-refractivity contribution is 7.98. The maximum Gasteiger partial charge on any atom is 0.0153 e. The largest absolute Gasteiger partial charge is 0.311 e. The van der Waals surface area contributed by atoms with E-state index in [1.165, 1.54) is 18.6 Å². The highest BCUT2D eigenvalue weighted by atomic mass is 32.2. The molecule has 0 unspecified atom stereocenters. The van der Waals surface area contributed by atoms with Crippen LogP contribution in [0.2, 0.25) is 0 Å². The van der Waals surface area contributed by atoms with Gasteiger partial charge in [-0.3, -0.25) is 0 Å². The van der Waals surface area contributed by atoms with Crippen molar-refractivity contribution < 1.29 is 0 Å². The van der Waals surface area contributed by atoms with Gasteiger partial charge in [-0.05, 0) is 38.9 Å². The lowest BCUT2D eigenvalue weighted by Gasteiger charge is -2.26.